The number of carbonyl (C=O) groups excluding carboxylic acids is 1. The normalized spacial score (nSPS) is 18.8. The lowest BCUT2D eigenvalue weighted by Gasteiger charge is -2.29. The summed E-state index contributed by atoms with van der Waals surface area (Å²) < 4.78 is 5.55. The second-order valence-electron chi connectivity index (χ2n) is 7.31. The van der Waals surface area contributed by atoms with Gasteiger partial charge in [-0.3, -0.25) is 0 Å². The predicted octanol–water partition coefficient (Wildman–Crippen LogP) is 3.82. The number of nitrogens with zero attached hydrogens (tertiary/aromatic N) is 2. The number of likely N-dealkylation sites (tertiary alicyclic amines) is 1. The monoisotopic (exact) mass is 304 g/mol. The van der Waals surface area contributed by atoms with Crippen molar-refractivity contribution in [1.82, 2.24) is 9.80 Å². The molecule has 2 rings (SSSR count). The van der Waals surface area contributed by atoms with Crippen molar-refractivity contribution in [3.8, 4) is 0 Å². The molecule has 1 atom stereocenters. The summed E-state index contributed by atoms with van der Waals surface area (Å²) in [5.41, 5.74) is 2.04. The van der Waals surface area contributed by atoms with E-state index in [0.717, 1.165) is 25.9 Å². The zero-order valence-electron chi connectivity index (χ0n) is 14.4. The summed E-state index contributed by atoms with van der Waals surface area (Å²) in [4.78, 5) is 16.4. The number of benzene rings is 1. The molecule has 1 saturated heterocycles. The lowest BCUT2D eigenvalue weighted by molar-refractivity contribution is 0.0224. The Morgan fingerprint density at radius 2 is 2.09 bits per heavy atom. The number of hydrogen-bond acceptors (Lipinski definition) is 3. The van der Waals surface area contributed by atoms with Crippen molar-refractivity contribution in [2.45, 2.75) is 51.8 Å². The molecule has 1 aromatic carbocycles. The fourth-order valence-electron chi connectivity index (χ4n) is 2.92. The molecule has 0 N–H and O–H groups in total. The van der Waals surface area contributed by atoms with Crippen LogP contribution in [-0.2, 0) is 11.3 Å². The molecule has 1 aliphatic rings. The van der Waals surface area contributed by atoms with Gasteiger partial charge in [0.15, 0.2) is 0 Å². The molecule has 1 aromatic rings. The second kappa shape index (κ2) is 6.69. The van der Waals surface area contributed by atoms with Crippen LogP contribution in [0.2, 0.25) is 0 Å². The smallest absolute Gasteiger partial charge is 0.410 e. The Bertz CT molecular complexity index is 520. The Morgan fingerprint density at radius 3 is 2.73 bits per heavy atom. The van der Waals surface area contributed by atoms with E-state index in [2.05, 4.69) is 43.3 Å². The molecule has 1 amide bonds. The molecule has 1 aliphatic heterocycles. The van der Waals surface area contributed by atoms with Gasteiger partial charge in [0.25, 0.3) is 0 Å². The summed E-state index contributed by atoms with van der Waals surface area (Å²) in [7, 11) is 4.13. The molecule has 4 heteroatoms. The van der Waals surface area contributed by atoms with Crippen molar-refractivity contribution in [2.75, 3.05) is 20.6 Å². The molecule has 0 radical (unpaired) electrons. The van der Waals surface area contributed by atoms with E-state index in [-0.39, 0.29) is 12.1 Å². The van der Waals surface area contributed by atoms with E-state index in [1.807, 2.05) is 25.7 Å². The van der Waals surface area contributed by atoms with Crippen molar-refractivity contribution in [2.24, 2.45) is 0 Å². The van der Waals surface area contributed by atoms with Crippen molar-refractivity contribution >= 4 is 6.09 Å². The van der Waals surface area contributed by atoms with Gasteiger partial charge in [-0.15, -0.1) is 0 Å². The van der Waals surface area contributed by atoms with Gasteiger partial charge in [-0.25, -0.2) is 4.79 Å². The third-order valence-electron chi connectivity index (χ3n) is 3.72. The average molecular weight is 304 g/mol. The quantitative estimate of drug-likeness (QED) is 0.851. The Morgan fingerprint density at radius 1 is 1.36 bits per heavy atom. The molecule has 1 unspecified atom stereocenters. The third kappa shape index (κ3) is 4.47. The lowest BCUT2D eigenvalue weighted by Crippen LogP contribution is -2.36. The zero-order valence-corrected chi connectivity index (χ0v) is 14.4. The highest BCUT2D eigenvalue weighted by Crippen LogP contribution is 2.33. The highest BCUT2D eigenvalue weighted by Gasteiger charge is 2.33. The summed E-state index contributed by atoms with van der Waals surface area (Å²) in [6.07, 6.45) is 1.83. The largest absolute Gasteiger partial charge is 0.444 e. The number of amides is 1. The molecular formula is C18H28N2O2. The molecular weight excluding hydrogens is 276 g/mol. The van der Waals surface area contributed by atoms with Crippen LogP contribution in [-0.4, -0.2) is 42.1 Å². The first kappa shape index (κ1) is 16.8. The summed E-state index contributed by atoms with van der Waals surface area (Å²) in [6, 6.07) is 8.69. The fraction of sp³-hybridized carbons (Fsp3) is 0.611. The van der Waals surface area contributed by atoms with Crippen LogP contribution in [0.4, 0.5) is 4.79 Å². The van der Waals surface area contributed by atoms with E-state index in [0.29, 0.717) is 0 Å². The van der Waals surface area contributed by atoms with E-state index in [9.17, 15) is 4.79 Å². The SMILES string of the molecule is CN(C)Cc1cccc(C2CCCN2C(=O)OC(C)(C)C)c1. The number of carbonyl (C=O) groups is 1. The first-order valence-corrected chi connectivity index (χ1v) is 7.99. The van der Waals surface area contributed by atoms with E-state index in [1.165, 1.54) is 11.1 Å². The highest BCUT2D eigenvalue weighted by atomic mass is 16.6. The maximum absolute atomic E-state index is 12.4. The summed E-state index contributed by atoms with van der Waals surface area (Å²) >= 11 is 0. The van der Waals surface area contributed by atoms with Gasteiger partial charge in [0.2, 0.25) is 0 Å². The van der Waals surface area contributed by atoms with Gasteiger partial charge in [-0.05, 0) is 58.8 Å². The van der Waals surface area contributed by atoms with Crippen LogP contribution in [0.15, 0.2) is 24.3 Å². The van der Waals surface area contributed by atoms with Crippen LogP contribution in [0, 0.1) is 0 Å². The Kier molecular flexibility index (Phi) is 5.12. The van der Waals surface area contributed by atoms with Gasteiger partial charge < -0.3 is 14.5 Å². The maximum Gasteiger partial charge on any atom is 0.410 e. The second-order valence-corrected chi connectivity index (χ2v) is 7.31. The molecule has 122 valence electrons. The minimum absolute atomic E-state index is 0.136. The van der Waals surface area contributed by atoms with Crippen molar-refractivity contribution in [3.63, 3.8) is 0 Å². The van der Waals surface area contributed by atoms with Crippen LogP contribution in [0.3, 0.4) is 0 Å². The van der Waals surface area contributed by atoms with Crippen LogP contribution in [0.5, 0.6) is 0 Å². The molecule has 22 heavy (non-hydrogen) atoms. The molecule has 1 heterocycles. The molecule has 0 aliphatic carbocycles. The minimum Gasteiger partial charge on any atom is -0.444 e. The minimum atomic E-state index is -0.447. The molecule has 0 aromatic heterocycles. The Hall–Kier alpha value is -1.55. The van der Waals surface area contributed by atoms with E-state index < -0.39 is 5.60 Å². The first-order chi connectivity index (χ1) is 10.3. The van der Waals surface area contributed by atoms with Crippen LogP contribution in [0.1, 0.15) is 50.8 Å². The van der Waals surface area contributed by atoms with Crippen LogP contribution in [0.25, 0.3) is 0 Å². The van der Waals surface area contributed by atoms with Crippen molar-refractivity contribution in [1.29, 1.82) is 0 Å². The Labute approximate surface area is 134 Å². The Balaban J connectivity index is 2.15. The van der Waals surface area contributed by atoms with Gasteiger partial charge in [0, 0.05) is 13.1 Å². The van der Waals surface area contributed by atoms with Gasteiger partial charge in [-0.2, -0.15) is 0 Å². The zero-order chi connectivity index (χ0) is 16.3. The number of rotatable bonds is 3. The summed E-state index contributed by atoms with van der Waals surface area (Å²) in [5.74, 6) is 0. The van der Waals surface area contributed by atoms with Gasteiger partial charge in [0.1, 0.15) is 5.60 Å². The highest BCUT2D eigenvalue weighted by molar-refractivity contribution is 5.69. The van der Waals surface area contributed by atoms with E-state index >= 15 is 0 Å². The van der Waals surface area contributed by atoms with Crippen LogP contribution >= 0.6 is 0 Å². The lowest BCUT2D eigenvalue weighted by atomic mass is 10.0. The van der Waals surface area contributed by atoms with Crippen LogP contribution < -0.4 is 0 Å². The van der Waals surface area contributed by atoms with E-state index in [4.69, 9.17) is 4.74 Å². The predicted molar refractivity (Wildman–Crippen MR) is 88.7 cm³/mol. The average Bonchev–Trinajstić information content (AvgIpc) is 2.85. The van der Waals surface area contributed by atoms with Crippen molar-refractivity contribution < 1.29 is 9.53 Å². The fourth-order valence-corrected chi connectivity index (χ4v) is 2.92. The topological polar surface area (TPSA) is 32.8 Å². The molecule has 0 saturated carbocycles. The molecule has 1 fully saturated rings. The van der Waals surface area contributed by atoms with Gasteiger partial charge in [0.05, 0.1) is 6.04 Å². The van der Waals surface area contributed by atoms with Gasteiger partial charge >= 0.3 is 6.09 Å². The third-order valence-corrected chi connectivity index (χ3v) is 3.72. The summed E-state index contributed by atoms with van der Waals surface area (Å²) in [5, 5.41) is 0. The number of hydrogen-bond donors (Lipinski definition) is 0. The van der Waals surface area contributed by atoms with Gasteiger partial charge in [-0.1, -0.05) is 24.3 Å². The van der Waals surface area contributed by atoms with Crippen molar-refractivity contribution in [3.05, 3.63) is 35.4 Å². The first-order valence-electron chi connectivity index (χ1n) is 7.99. The van der Waals surface area contributed by atoms with E-state index in [1.54, 1.807) is 0 Å². The molecule has 0 bridgehead atoms. The summed E-state index contributed by atoms with van der Waals surface area (Å²) in [6.45, 7) is 7.42. The molecule has 4 nitrogen and oxygen atoms in total. The standard InChI is InChI=1S/C18H28N2O2/c1-18(2,3)22-17(21)20-11-7-10-16(20)15-9-6-8-14(12-15)13-19(4)5/h6,8-9,12,16H,7,10-11,13H2,1-5H3. The number of ether oxygens (including phenoxy) is 1. The maximum atomic E-state index is 12.4. The molecule has 0 spiro atoms.